The highest BCUT2D eigenvalue weighted by atomic mass is 32.2. The first-order valence-corrected chi connectivity index (χ1v) is 10.3. The van der Waals surface area contributed by atoms with Gasteiger partial charge in [0.25, 0.3) is 5.91 Å². The van der Waals surface area contributed by atoms with Gasteiger partial charge in [-0.25, -0.2) is 4.79 Å². The molecule has 0 saturated heterocycles. The van der Waals surface area contributed by atoms with Crippen molar-refractivity contribution in [1.29, 1.82) is 0 Å². The van der Waals surface area contributed by atoms with Gasteiger partial charge in [-0.2, -0.15) is 0 Å². The van der Waals surface area contributed by atoms with Gasteiger partial charge >= 0.3 is 5.97 Å². The molecule has 0 bridgehead atoms. The van der Waals surface area contributed by atoms with Gasteiger partial charge in [-0.05, 0) is 47.9 Å². The molecule has 4 nitrogen and oxygen atoms in total. The van der Waals surface area contributed by atoms with Crippen LogP contribution in [0.2, 0.25) is 0 Å². The molecule has 3 aromatic rings. The summed E-state index contributed by atoms with van der Waals surface area (Å²) in [6, 6.07) is 22.8. The first kappa shape index (κ1) is 19.3. The molecule has 0 spiro atoms. The Morgan fingerprint density at radius 2 is 1.41 bits per heavy atom. The van der Waals surface area contributed by atoms with E-state index in [1.165, 1.54) is 0 Å². The Bertz CT molecular complexity index is 1010. The fourth-order valence-electron chi connectivity index (χ4n) is 3.25. The molecule has 0 fully saturated rings. The van der Waals surface area contributed by atoms with E-state index in [-0.39, 0.29) is 12.5 Å². The van der Waals surface area contributed by atoms with Gasteiger partial charge in [0.05, 0.1) is 16.9 Å². The highest BCUT2D eigenvalue weighted by molar-refractivity contribution is 7.99. The maximum atomic E-state index is 13.0. The molecule has 0 radical (unpaired) electrons. The molecule has 146 valence electrons. The summed E-state index contributed by atoms with van der Waals surface area (Å²) in [5.41, 5.74) is 3.20. The van der Waals surface area contributed by atoms with E-state index in [1.54, 1.807) is 28.8 Å². The van der Waals surface area contributed by atoms with Crippen LogP contribution < -0.4 is 4.90 Å². The number of nitrogens with zero attached hydrogens (tertiary/aromatic N) is 1. The van der Waals surface area contributed by atoms with Crippen molar-refractivity contribution in [2.24, 2.45) is 0 Å². The second-order valence-electron chi connectivity index (χ2n) is 7.12. The molecule has 0 unspecified atom stereocenters. The summed E-state index contributed by atoms with van der Waals surface area (Å²) in [4.78, 5) is 29.1. The van der Waals surface area contributed by atoms with Crippen LogP contribution in [0.25, 0.3) is 0 Å². The average molecular weight is 404 g/mol. The zero-order valence-corrected chi connectivity index (χ0v) is 17.1. The highest BCUT2D eigenvalue weighted by Crippen LogP contribution is 2.47. The van der Waals surface area contributed by atoms with Crippen LogP contribution in [0.4, 0.5) is 11.4 Å². The van der Waals surface area contributed by atoms with Gasteiger partial charge in [-0.3, -0.25) is 9.69 Å². The van der Waals surface area contributed by atoms with E-state index in [0.29, 0.717) is 11.5 Å². The normalized spacial score (nSPS) is 12.3. The van der Waals surface area contributed by atoms with Crippen LogP contribution in [0.3, 0.4) is 0 Å². The molecular formula is C24H21NO3S. The first-order chi connectivity index (χ1) is 14.0. The minimum Gasteiger partial charge on any atom is -0.452 e. The van der Waals surface area contributed by atoms with Crippen molar-refractivity contribution in [3.63, 3.8) is 0 Å². The Kier molecular flexibility index (Phi) is 5.41. The van der Waals surface area contributed by atoms with E-state index >= 15 is 0 Å². The smallest absolute Gasteiger partial charge is 0.338 e. The summed E-state index contributed by atoms with van der Waals surface area (Å²) in [7, 11) is 0. The zero-order valence-electron chi connectivity index (χ0n) is 16.3. The fourth-order valence-corrected chi connectivity index (χ4v) is 4.31. The number of benzene rings is 3. The van der Waals surface area contributed by atoms with E-state index in [9.17, 15) is 9.59 Å². The van der Waals surface area contributed by atoms with Crippen molar-refractivity contribution in [3.8, 4) is 0 Å². The maximum Gasteiger partial charge on any atom is 0.338 e. The number of fused-ring (bicyclic) bond motifs is 2. The largest absolute Gasteiger partial charge is 0.452 e. The summed E-state index contributed by atoms with van der Waals surface area (Å²) in [5, 5.41) is 0. The number of amides is 1. The monoisotopic (exact) mass is 403 g/mol. The lowest BCUT2D eigenvalue weighted by atomic mass is 10.0. The average Bonchev–Trinajstić information content (AvgIpc) is 2.75. The summed E-state index contributed by atoms with van der Waals surface area (Å²) in [6.45, 7) is 3.87. The molecule has 1 amide bonds. The number of carbonyl (C=O) groups is 2. The van der Waals surface area contributed by atoms with Crippen molar-refractivity contribution in [2.45, 2.75) is 29.6 Å². The summed E-state index contributed by atoms with van der Waals surface area (Å²) >= 11 is 1.63. The van der Waals surface area contributed by atoms with Gasteiger partial charge in [0.15, 0.2) is 6.61 Å². The van der Waals surface area contributed by atoms with Crippen molar-refractivity contribution >= 4 is 35.0 Å². The molecule has 5 heteroatoms. The number of ether oxygens (including phenoxy) is 1. The minimum absolute atomic E-state index is 0.280. The fraction of sp³-hybridized carbons (Fsp3) is 0.167. The molecule has 0 aliphatic carbocycles. The molecule has 3 aromatic carbocycles. The van der Waals surface area contributed by atoms with Gasteiger partial charge in [-0.1, -0.05) is 62.0 Å². The van der Waals surface area contributed by atoms with Crippen molar-refractivity contribution in [2.75, 3.05) is 11.5 Å². The van der Waals surface area contributed by atoms with Gasteiger partial charge in [-0.15, -0.1) is 0 Å². The standard InChI is InChI=1S/C24H21NO3S/c1-16(2)17-11-13-18(14-12-17)24(27)28-15-23(26)25-19-7-3-5-9-21(19)29-22-10-6-4-8-20(22)25/h3-14,16H,15H2,1-2H3. The molecule has 0 saturated carbocycles. The van der Waals surface area contributed by atoms with Crippen molar-refractivity contribution < 1.29 is 14.3 Å². The Hall–Kier alpha value is -3.05. The number of hydrogen-bond donors (Lipinski definition) is 0. The van der Waals surface area contributed by atoms with Gasteiger partial charge in [0.2, 0.25) is 0 Å². The van der Waals surface area contributed by atoms with E-state index in [1.807, 2.05) is 60.7 Å². The Morgan fingerprint density at radius 3 is 1.97 bits per heavy atom. The molecule has 0 aromatic heterocycles. The third-order valence-corrected chi connectivity index (χ3v) is 5.95. The van der Waals surface area contributed by atoms with Gasteiger partial charge in [0, 0.05) is 9.79 Å². The molecule has 29 heavy (non-hydrogen) atoms. The number of rotatable bonds is 4. The number of hydrogen-bond acceptors (Lipinski definition) is 4. The third kappa shape index (κ3) is 3.91. The van der Waals surface area contributed by atoms with E-state index in [2.05, 4.69) is 13.8 Å². The first-order valence-electron chi connectivity index (χ1n) is 9.50. The molecule has 1 heterocycles. The van der Waals surface area contributed by atoms with Crippen LogP contribution in [0.5, 0.6) is 0 Å². The van der Waals surface area contributed by atoms with Crippen molar-refractivity contribution in [1.82, 2.24) is 0 Å². The lowest BCUT2D eigenvalue weighted by molar-refractivity contribution is -0.121. The SMILES string of the molecule is CC(C)c1ccc(C(=O)OCC(=O)N2c3ccccc3Sc3ccccc32)cc1. The minimum atomic E-state index is -0.499. The summed E-state index contributed by atoms with van der Waals surface area (Å²) < 4.78 is 5.34. The molecule has 4 rings (SSSR count). The van der Waals surface area contributed by atoms with Crippen LogP contribution >= 0.6 is 11.8 Å². The molecule has 0 N–H and O–H groups in total. The second-order valence-corrected chi connectivity index (χ2v) is 8.20. The molecule has 1 aliphatic rings. The Balaban J connectivity index is 1.52. The lowest BCUT2D eigenvalue weighted by Gasteiger charge is -2.30. The number of esters is 1. The Labute approximate surface area is 174 Å². The van der Waals surface area contributed by atoms with Crippen LogP contribution in [0.15, 0.2) is 82.6 Å². The maximum absolute atomic E-state index is 13.0. The quantitative estimate of drug-likeness (QED) is 0.517. The Morgan fingerprint density at radius 1 is 0.862 bits per heavy atom. The topological polar surface area (TPSA) is 46.6 Å². The third-order valence-electron chi connectivity index (χ3n) is 4.82. The molecule has 1 aliphatic heterocycles. The van der Waals surface area contributed by atoms with Crippen LogP contribution in [0.1, 0.15) is 35.7 Å². The number of anilines is 2. The van der Waals surface area contributed by atoms with E-state index in [0.717, 1.165) is 26.7 Å². The summed E-state index contributed by atoms with van der Waals surface area (Å²) in [6.07, 6.45) is 0. The lowest BCUT2D eigenvalue weighted by Crippen LogP contribution is -2.32. The molecule has 0 atom stereocenters. The predicted molar refractivity (Wildman–Crippen MR) is 115 cm³/mol. The highest BCUT2D eigenvalue weighted by Gasteiger charge is 2.28. The zero-order chi connectivity index (χ0) is 20.4. The number of carbonyl (C=O) groups excluding carboxylic acids is 2. The van der Waals surface area contributed by atoms with Crippen LogP contribution in [-0.4, -0.2) is 18.5 Å². The predicted octanol–water partition coefficient (Wildman–Crippen LogP) is 5.80. The van der Waals surface area contributed by atoms with E-state index in [4.69, 9.17) is 4.74 Å². The van der Waals surface area contributed by atoms with Gasteiger partial charge in [0.1, 0.15) is 0 Å². The van der Waals surface area contributed by atoms with Crippen LogP contribution in [0, 0.1) is 0 Å². The van der Waals surface area contributed by atoms with Crippen molar-refractivity contribution in [3.05, 3.63) is 83.9 Å². The second kappa shape index (κ2) is 8.13. The van der Waals surface area contributed by atoms with Gasteiger partial charge < -0.3 is 4.74 Å². The summed E-state index contributed by atoms with van der Waals surface area (Å²) in [5.74, 6) is -0.391. The number of para-hydroxylation sites is 2. The van der Waals surface area contributed by atoms with Crippen LogP contribution in [-0.2, 0) is 9.53 Å². The van der Waals surface area contributed by atoms with E-state index < -0.39 is 5.97 Å². The molecular weight excluding hydrogens is 382 g/mol.